The Labute approximate surface area is 139 Å². The smallest absolute Gasteiger partial charge is 0.123 e. The number of aliphatic hydroxyl groups excluding tert-OH is 1. The molecule has 0 bridgehead atoms. The minimum absolute atomic E-state index is 0.242. The van der Waals surface area contributed by atoms with Crippen LogP contribution in [0.1, 0.15) is 43.8 Å². The maximum absolute atomic E-state index is 13.0. The molecule has 2 fully saturated rings. The fourth-order valence-corrected chi connectivity index (χ4v) is 3.89. The van der Waals surface area contributed by atoms with E-state index in [-0.39, 0.29) is 5.82 Å². The van der Waals surface area contributed by atoms with E-state index in [0.29, 0.717) is 5.92 Å². The maximum Gasteiger partial charge on any atom is 0.123 e. The van der Waals surface area contributed by atoms with Gasteiger partial charge in [-0.3, -0.25) is 0 Å². The van der Waals surface area contributed by atoms with Crippen molar-refractivity contribution in [2.24, 2.45) is 5.92 Å². The summed E-state index contributed by atoms with van der Waals surface area (Å²) in [5.74, 6) is 0.0557. The van der Waals surface area contributed by atoms with E-state index in [1.807, 2.05) is 0 Å². The van der Waals surface area contributed by atoms with Crippen LogP contribution in [0.4, 0.5) is 4.39 Å². The fraction of sp³-hybridized carbons (Fsp3) is 0.684. The van der Waals surface area contributed by atoms with Crippen LogP contribution in [0.25, 0.3) is 0 Å². The number of benzene rings is 1. The molecule has 2 saturated heterocycles. The van der Waals surface area contributed by atoms with Crippen molar-refractivity contribution in [3.63, 3.8) is 0 Å². The van der Waals surface area contributed by atoms with E-state index in [1.54, 1.807) is 12.1 Å². The number of hydrogen-bond donors (Lipinski definition) is 1. The van der Waals surface area contributed by atoms with Crippen LogP contribution < -0.4 is 0 Å². The molecule has 1 atom stereocenters. The number of halogens is 1. The minimum Gasteiger partial charge on any atom is -0.388 e. The van der Waals surface area contributed by atoms with Crippen molar-refractivity contribution >= 4 is 0 Å². The average Bonchev–Trinajstić information content (AvgIpc) is 2.61. The van der Waals surface area contributed by atoms with Gasteiger partial charge in [0.15, 0.2) is 0 Å². The van der Waals surface area contributed by atoms with Crippen molar-refractivity contribution in [1.29, 1.82) is 0 Å². The van der Waals surface area contributed by atoms with Gasteiger partial charge in [-0.25, -0.2) is 4.39 Å². The Morgan fingerprint density at radius 2 is 1.48 bits per heavy atom. The SMILES string of the molecule is OC(c1ccc(F)cc1)C1CCN(CCN2CCCCC2)CC1. The lowest BCUT2D eigenvalue weighted by molar-refractivity contribution is 0.0549. The molecule has 0 spiro atoms. The normalized spacial score (nSPS) is 23.0. The Kier molecular flexibility index (Phi) is 6.03. The molecule has 0 radical (unpaired) electrons. The Hall–Kier alpha value is -0.970. The number of rotatable bonds is 5. The van der Waals surface area contributed by atoms with Crippen LogP contribution in [-0.4, -0.2) is 54.2 Å². The van der Waals surface area contributed by atoms with Crippen LogP contribution >= 0.6 is 0 Å². The van der Waals surface area contributed by atoms with Crippen molar-refractivity contribution in [1.82, 2.24) is 9.80 Å². The summed E-state index contributed by atoms with van der Waals surface area (Å²) in [6.45, 7) is 7.00. The predicted octanol–water partition coefficient (Wildman–Crippen LogP) is 3.06. The van der Waals surface area contributed by atoms with Crippen molar-refractivity contribution in [2.75, 3.05) is 39.3 Å². The number of hydrogen-bond acceptors (Lipinski definition) is 3. The molecule has 0 aliphatic carbocycles. The van der Waals surface area contributed by atoms with Crippen LogP contribution in [0.3, 0.4) is 0 Å². The topological polar surface area (TPSA) is 26.7 Å². The summed E-state index contributed by atoms with van der Waals surface area (Å²) in [6, 6.07) is 6.30. The predicted molar refractivity (Wildman–Crippen MR) is 90.8 cm³/mol. The van der Waals surface area contributed by atoms with E-state index < -0.39 is 6.10 Å². The molecule has 0 aromatic heterocycles. The first-order valence-electron chi connectivity index (χ1n) is 9.10. The number of aliphatic hydroxyl groups is 1. The van der Waals surface area contributed by atoms with E-state index in [9.17, 15) is 9.50 Å². The van der Waals surface area contributed by atoms with Gasteiger partial charge in [-0.1, -0.05) is 18.6 Å². The first kappa shape index (κ1) is 16.9. The average molecular weight is 320 g/mol. The van der Waals surface area contributed by atoms with Crippen molar-refractivity contribution < 1.29 is 9.50 Å². The molecule has 2 heterocycles. The Morgan fingerprint density at radius 3 is 2.09 bits per heavy atom. The fourth-order valence-electron chi connectivity index (χ4n) is 3.89. The van der Waals surface area contributed by atoms with Gasteiger partial charge in [0.2, 0.25) is 0 Å². The second-order valence-corrected chi connectivity index (χ2v) is 7.08. The van der Waals surface area contributed by atoms with Gasteiger partial charge >= 0.3 is 0 Å². The summed E-state index contributed by atoms with van der Waals surface area (Å²) < 4.78 is 13.0. The molecule has 1 aromatic carbocycles. The molecule has 2 aliphatic rings. The first-order valence-corrected chi connectivity index (χ1v) is 9.10. The van der Waals surface area contributed by atoms with Crippen LogP contribution in [0.2, 0.25) is 0 Å². The van der Waals surface area contributed by atoms with Gasteiger partial charge in [0.1, 0.15) is 5.82 Å². The van der Waals surface area contributed by atoms with Crippen LogP contribution in [0, 0.1) is 11.7 Å². The Bertz CT molecular complexity index is 465. The molecule has 23 heavy (non-hydrogen) atoms. The monoisotopic (exact) mass is 320 g/mol. The van der Waals surface area contributed by atoms with E-state index in [1.165, 1.54) is 51.0 Å². The number of likely N-dealkylation sites (tertiary alicyclic amines) is 2. The van der Waals surface area contributed by atoms with Crippen LogP contribution in [-0.2, 0) is 0 Å². The highest BCUT2D eigenvalue weighted by molar-refractivity contribution is 5.19. The standard InChI is InChI=1S/C19H29FN2O/c20-18-6-4-16(5-7-18)19(23)17-8-12-22(13-9-17)15-14-21-10-2-1-3-11-21/h4-7,17,19,23H,1-3,8-15H2. The van der Waals surface area contributed by atoms with Gasteiger partial charge in [0.05, 0.1) is 6.10 Å². The molecular formula is C19H29FN2O. The number of piperidine rings is 2. The Morgan fingerprint density at radius 1 is 0.913 bits per heavy atom. The lowest BCUT2D eigenvalue weighted by Crippen LogP contribution is -2.41. The van der Waals surface area contributed by atoms with Gasteiger partial charge in [0.25, 0.3) is 0 Å². The summed E-state index contributed by atoms with van der Waals surface area (Å²) in [4.78, 5) is 5.12. The molecule has 0 amide bonds. The van der Waals surface area contributed by atoms with Gasteiger partial charge in [-0.2, -0.15) is 0 Å². The van der Waals surface area contributed by atoms with Crippen LogP contribution in [0.15, 0.2) is 24.3 Å². The summed E-state index contributed by atoms with van der Waals surface area (Å²) in [6.07, 6.45) is 5.69. The summed E-state index contributed by atoms with van der Waals surface area (Å²) in [5.41, 5.74) is 0.846. The lowest BCUT2D eigenvalue weighted by atomic mass is 9.87. The molecule has 128 valence electrons. The van der Waals surface area contributed by atoms with Crippen molar-refractivity contribution in [3.8, 4) is 0 Å². The third kappa shape index (κ3) is 4.75. The molecule has 0 saturated carbocycles. The molecule has 3 nitrogen and oxygen atoms in total. The van der Waals surface area contributed by atoms with Crippen molar-refractivity contribution in [3.05, 3.63) is 35.6 Å². The maximum atomic E-state index is 13.0. The molecule has 4 heteroatoms. The summed E-state index contributed by atoms with van der Waals surface area (Å²) in [5, 5.41) is 10.5. The van der Waals surface area contributed by atoms with E-state index in [0.717, 1.165) is 38.0 Å². The lowest BCUT2D eigenvalue weighted by Gasteiger charge is -2.36. The molecule has 1 unspecified atom stereocenters. The minimum atomic E-state index is -0.458. The third-order valence-electron chi connectivity index (χ3n) is 5.47. The van der Waals surface area contributed by atoms with E-state index in [2.05, 4.69) is 9.80 Å². The van der Waals surface area contributed by atoms with Crippen LogP contribution in [0.5, 0.6) is 0 Å². The molecular weight excluding hydrogens is 291 g/mol. The van der Waals surface area contributed by atoms with Crippen molar-refractivity contribution in [2.45, 2.75) is 38.2 Å². The van der Waals surface area contributed by atoms with E-state index in [4.69, 9.17) is 0 Å². The number of nitrogens with zero attached hydrogens (tertiary/aromatic N) is 2. The first-order chi connectivity index (χ1) is 11.2. The Balaban J connectivity index is 1.41. The molecule has 1 aromatic rings. The second-order valence-electron chi connectivity index (χ2n) is 7.08. The highest BCUT2D eigenvalue weighted by atomic mass is 19.1. The highest BCUT2D eigenvalue weighted by Crippen LogP contribution is 2.30. The summed E-state index contributed by atoms with van der Waals surface area (Å²) >= 11 is 0. The largest absolute Gasteiger partial charge is 0.388 e. The quantitative estimate of drug-likeness (QED) is 0.903. The van der Waals surface area contributed by atoms with Gasteiger partial charge in [-0.15, -0.1) is 0 Å². The van der Waals surface area contributed by atoms with Gasteiger partial charge in [-0.05, 0) is 75.5 Å². The van der Waals surface area contributed by atoms with Gasteiger partial charge < -0.3 is 14.9 Å². The zero-order chi connectivity index (χ0) is 16.1. The second kappa shape index (κ2) is 8.22. The molecule has 1 N–H and O–H groups in total. The molecule has 2 aliphatic heterocycles. The summed E-state index contributed by atoms with van der Waals surface area (Å²) in [7, 11) is 0. The zero-order valence-electron chi connectivity index (χ0n) is 14.0. The van der Waals surface area contributed by atoms with Gasteiger partial charge in [0, 0.05) is 13.1 Å². The molecule has 3 rings (SSSR count). The highest BCUT2D eigenvalue weighted by Gasteiger charge is 2.26. The van der Waals surface area contributed by atoms with E-state index >= 15 is 0 Å². The third-order valence-corrected chi connectivity index (χ3v) is 5.47. The zero-order valence-corrected chi connectivity index (χ0v) is 14.0.